The van der Waals surface area contributed by atoms with Crippen molar-refractivity contribution >= 4 is 70.0 Å². The minimum atomic E-state index is -1.58. The number of imidazole rings is 1. The summed E-state index contributed by atoms with van der Waals surface area (Å²) in [6.45, 7) is 3.26. The van der Waals surface area contributed by atoms with Gasteiger partial charge < -0.3 is 69.7 Å². The summed E-state index contributed by atoms with van der Waals surface area (Å²) in [6, 6.07) is 6.67. The maximum atomic E-state index is 14.7. The van der Waals surface area contributed by atoms with Crippen LogP contribution in [0.1, 0.15) is 88.5 Å². The third-order valence-corrected chi connectivity index (χ3v) is 12.3. The lowest BCUT2D eigenvalue weighted by atomic mass is 10.0. The van der Waals surface area contributed by atoms with E-state index in [1.807, 2.05) is 31.2 Å². The van der Waals surface area contributed by atoms with Gasteiger partial charge in [0.25, 0.3) is 0 Å². The fraction of sp³-hybridized carbons (Fsp3) is 0.460. The predicted octanol–water partition coefficient (Wildman–Crippen LogP) is -1.25. The van der Waals surface area contributed by atoms with E-state index in [0.29, 0.717) is 29.7 Å². The first-order chi connectivity index (χ1) is 35.5. The number of fused-ring (bicyclic) bond motifs is 1. The first-order valence-electron chi connectivity index (χ1n) is 24.8. The number of H-pyrrole nitrogens is 2. The number of amides is 9. The van der Waals surface area contributed by atoms with Crippen molar-refractivity contribution in [3.05, 3.63) is 90.1 Å². The molecule has 7 atom stereocenters. The SMILES string of the molecule is CCCC[C@H](NC(C)=O)C(=O)NC1CC(=O)NCCCC[C@@H](C(N)=O)NC(=O)[C@H](Cc2c[nH]c3ccccc23)NC(=O)[C@H](CCCN=C(N)N)NC(=O)[C@@H](Cc2ccccc2)NC(=O)[C@H](Cc2cnc[nH]2)NC1=O. The topological polar surface area (TPSA) is 385 Å². The summed E-state index contributed by atoms with van der Waals surface area (Å²) in [5, 5.41) is 22.4. The van der Waals surface area contributed by atoms with Crippen LogP contribution in [0.2, 0.25) is 0 Å². The first kappa shape index (κ1) is 56.6. The maximum absolute atomic E-state index is 14.7. The normalized spacial score (nSPS) is 21.3. The van der Waals surface area contributed by atoms with Crippen LogP contribution in [0.4, 0.5) is 0 Å². The number of nitrogens with one attached hydrogen (secondary N) is 10. The molecule has 16 N–H and O–H groups in total. The molecule has 5 rings (SSSR count). The summed E-state index contributed by atoms with van der Waals surface area (Å²) in [5.41, 5.74) is 19.4. The van der Waals surface area contributed by atoms with Crippen LogP contribution in [-0.4, -0.2) is 129 Å². The standard InChI is InChI=1S/C50H69N15O9/c1-3-4-16-36(59-29(2)66)44(69)65-41-25-42(67)55-20-11-10-18-35(43(51)68)60-47(72)39(23-31-26-57-34-17-9-8-15-33(31)34)63-45(70)37(19-12-21-56-50(52)53)61-46(71)38(22-30-13-6-5-7-14-30)62-48(73)40(64-49(41)74)24-32-27-54-28-58-32/h5-9,13-15,17,26-28,35-41,57H,3-4,10-12,16,18-25H2,1-2H3,(H2,51,68)(H,54,58)(H,55,67)(H,59,66)(H,60,72)(H,61,71)(H,62,73)(H,63,70)(H,64,74)(H,65,69)(H4,52,53,56)/t35-,36-,37-,38+,39-,40-,41?/m0/s1. The van der Waals surface area contributed by atoms with E-state index in [4.69, 9.17) is 17.2 Å². The third-order valence-electron chi connectivity index (χ3n) is 12.3. The van der Waals surface area contributed by atoms with Gasteiger partial charge in [-0.3, -0.25) is 48.1 Å². The summed E-state index contributed by atoms with van der Waals surface area (Å²) in [7, 11) is 0. The molecule has 24 nitrogen and oxygen atoms in total. The molecule has 2 aromatic heterocycles. The quantitative estimate of drug-likeness (QED) is 0.0335. The lowest BCUT2D eigenvalue weighted by Crippen LogP contribution is -2.61. The number of aliphatic imine (C=N–C) groups is 1. The van der Waals surface area contributed by atoms with Gasteiger partial charge in [-0.25, -0.2) is 4.98 Å². The smallest absolute Gasteiger partial charge is 0.243 e. The third kappa shape index (κ3) is 18.1. The summed E-state index contributed by atoms with van der Waals surface area (Å²) in [5.74, 6) is -7.10. The number of guanidine groups is 1. The van der Waals surface area contributed by atoms with Gasteiger partial charge in [0.05, 0.1) is 12.7 Å². The Balaban J connectivity index is 1.55. The second-order valence-corrected chi connectivity index (χ2v) is 18.2. The van der Waals surface area contributed by atoms with E-state index in [-0.39, 0.29) is 76.8 Å². The number of benzene rings is 2. The second-order valence-electron chi connectivity index (χ2n) is 18.2. The van der Waals surface area contributed by atoms with Crippen molar-refractivity contribution < 1.29 is 43.2 Å². The molecule has 9 amide bonds. The molecule has 0 bridgehead atoms. The minimum Gasteiger partial charge on any atom is -0.370 e. The van der Waals surface area contributed by atoms with Gasteiger partial charge in [-0.1, -0.05) is 68.3 Å². The molecule has 24 heteroatoms. The number of hydrogen-bond donors (Lipinski definition) is 13. The number of aromatic nitrogens is 3. The number of carbonyl (C=O) groups excluding carboxylic acids is 9. The lowest BCUT2D eigenvalue weighted by molar-refractivity contribution is -0.136. The molecule has 4 aromatic rings. The monoisotopic (exact) mass is 1020 g/mol. The molecule has 1 aliphatic rings. The van der Waals surface area contributed by atoms with Crippen LogP contribution >= 0.6 is 0 Å². The van der Waals surface area contributed by atoms with Gasteiger partial charge in [0, 0.05) is 68.3 Å². The second kappa shape index (κ2) is 28.7. The fourth-order valence-corrected chi connectivity index (χ4v) is 8.40. The predicted molar refractivity (Wildman–Crippen MR) is 274 cm³/mol. The zero-order valence-electron chi connectivity index (χ0n) is 41.7. The van der Waals surface area contributed by atoms with Gasteiger partial charge in [-0.15, -0.1) is 0 Å². The van der Waals surface area contributed by atoms with Crippen LogP contribution in [0.15, 0.2) is 78.3 Å². The molecule has 1 saturated heterocycles. The van der Waals surface area contributed by atoms with Gasteiger partial charge in [-0.2, -0.15) is 0 Å². The molecule has 0 radical (unpaired) electrons. The largest absolute Gasteiger partial charge is 0.370 e. The molecule has 3 heterocycles. The Morgan fingerprint density at radius 1 is 0.757 bits per heavy atom. The zero-order chi connectivity index (χ0) is 53.6. The number of rotatable bonds is 17. The van der Waals surface area contributed by atoms with Gasteiger partial charge in [0.1, 0.15) is 42.3 Å². The van der Waals surface area contributed by atoms with E-state index in [1.165, 1.54) is 19.4 Å². The van der Waals surface area contributed by atoms with Gasteiger partial charge in [0.15, 0.2) is 5.96 Å². The molecule has 1 aliphatic heterocycles. The molecule has 1 fully saturated rings. The molecule has 0 aliphatic carbocycles. The summed E-state index contributed by atoms with van der Waals surface area (Å²) in [4.78, 5) is 139. The van der Waals surface area contributed by atoms with E-state index < -0.39 is 102 Å². The number of unbranched alkanes of at least 4 members (excludes halogenated alkanes) is 1. The van der Waals surface area contributed by atoms with Crippen LogP contribution in [0.3, 0.4) is 0 Å². The summed E-state index contributed by atoms with van der Waals surface area (Å²) < 4.78 is 0. The molecule has 1 unspecified atom stereocenters. The van der Waals surface area contributed by atoms with E-state index in [0.717, 1.165) is 10.9 Å². The number of primary amides is 1. The number of carbonyl (C=O) groups is 9. The average Bonchev–Trinajstić information content (AvgIpc) is 4.04. The molecule has 74 heavy (non-hydrogen) atoms. The molecule has 0 saturated carbocycles. The Labute approximate surface area is 428 Å². The van der Waals surface area contributed by atoms with Gasteiger partial charge >= 0.3 is 0 Å². The van der Waals surface area contributed by atoms with Crippen molar-refractivity contribution in [2.24, 2.45) is 22.2 Å². The van der Waals surface area contributed by atoms with E-state index in [1.54, 1.807) is 36.5 Å². The highest BCUT2D eigenvalue weighted by atomic mass is 16.2. The van der Waals surface area contributed by atoms with Gasteiger partial charge in [0.2, 0.25) is 53.2 Å². The van der Waals surface area contributed by atoms with Crippen LogP contribution in [0.25, 0.3) is 10.9 Å². The number of nitrogens with zero attached hydrogens (tertiary/aromatic N) is 2. The maximum Gasteiger partial charge on any atom is 0.243 e. The van der Waals surface area contributed by atoms with Crippen molar-refractivity contribution in [3.63, 3.8) is 0 Å². The van der Waals surface area contributed by atoms with Crippen molar-refractivity contribution in [2.45, 2.75) is 133 Å². The van der Waals surface area contributed by atoms with Crippen LogP contribution in [-0.2, 0) is 62.4 Å². The number of aromatic amines is 2. The van der Waals surface area contributed by atoms with E-state index >= 15 is 0 Å². The number of hydrogen-bond acceptors (Lipinski definition) is 11. The highest BCUT2D eigenvalue weighted by Crippen LogP contribution is 2.20. The Morgan fingerprint density at radius 3 is 2.08 bits per heavy atom. The van der Waals surface area contributed by atoms with Crippen molar-refractivity contribution in [3.8, 4) is 0 Å². The van der Waals surface area contributed by atoms with Crippen LogP contribution in [0.5, 0.6) is 0 Å². The van der Waals surface area contributed by atoms with Crippen LogP contribution < -0.4 is 59.7 Å². The van der Waals surface area contributed by atoms with Crippen molar-refractivity contribution in [2.75, 3.05) is 13.1 Å². The first-order valence-corrected chi connectivity index (χ1v) is 24.8. The Morgan fingerprint density at radius 2 is 1.41 bits per heavy atom. The van der Waals surface area contributed by atoms with Crippen molar-refractivity contribution in [1.82, 2.24) is 57.5 Å². The number of para-hydroxylation sites is 1. The molecular formula is C50H69N15O9. The van der Waals surface area contributed by atoms with E-state index in [2.05, 4.69) is 62.5 Å². The molecular weight excluding hydrogens is 955 g/mol. The van der Waals surface area contributed by atoms with Gasteiger partial charge in [-0.05, 0) is 55.7 Å². The highest BCUT2D eigenvalue weighted by Gasteiger charge is 2.35. The Bertz CT molecular complexity index is 2580. The van der Waals surface area contributed by atoms with Crippen molar-refractivity contribution in [1.29, 1.82) is 0 Å². The lowest BCUT2D eigenvalue weighted by Gasteiger charge is -2.28. The molecule has 2 aromatic carbocycles. The number of nitrogens with two attached hydrogens (primary N) is 3. The van der Waals surface area contributed by atoms with E-state index in [9.17, 15) is 43.2 Å². The zero-order valence-corrected chi connectivity index (χ0v) is 41.7. The summed E-state index contributed by atoms with van der Waals surface area (Å²) >= 11 is 0. The Hall–Kier alpha value is -8.31. The fourth-order valence-electron chi connectivity index (χ4n) is 8.40. The summed E-state index contributed by atoms with van der Waals surface area (Å²) in [6.07, 6.45) is 5.72. The highest BCUT2D eigenvalue weighted by molar-refractivity contribution is 5.99. The minimum absolute atomic E-state index is 0.0408. The van der Waals surface area contributed by atoms with Crippen LogP contribution in [0, 0.1) is 0 Å². The Kier molecular flexibility index (Phi) is 21.9. The average molecular weight is 1020 g/mol. The molecule has 0 spiro atoms. The molecule has 398 valence electrons.